The van der Waals surface area contributed by atoms with Gasteiger partial charge in [-0.25, -0.2) is 0 Å². The minimum atomic E-state index is 0.125. The molecule has 0 bridgehead atoms. The Labute approximate surface area is 50.5 Å². The molecule has 0 aliphatic heterocycles. The van der Waals surface area contributed by atoms with Crippen LogP contribution in [0.3, 0.4) is 0 Å². The van der Waals surface area contributed by atoms with Crippen molar-refractivity contribution in [3.8, 4) is 6.57 Å². The topological polar surface area (TPSA) is 4.36 Å². The summed E-state index contributed by atoms with van der Waals surface area (Å²) < 4.78 is 0. The van der Waals surface area contributed by atoms with Gasteiger partial charge in [-0.05, 0) is 6.42 Å². The van der Waals surface area contributed by atoms with E-state index in [0.29, 0.717) is 5.92 Å². The third kappa shape index (κ3) is 0.527. The molecule has 1 rings (SSSR count). The van der Waals surface area contributed by atoms with E-state index in [2.05, 4.69) is 18.7 Å². The average Bonchev–Trinajstić information content (AvgIpc) is 1.83. The summed E-state index contributed by atoms with van der Waals surface area (Å²) >= 11 is 0. The van der Waals surface area contributed by atoms with E-state index in [1.54, 1.807) is 0 Å². The standard InChI is InChI=1S/C7H12N/c1-6-4-5-7(6,2)8-3/h3,6H,4-5H2,1-2H3/q+1. The van der Waals surface area contributed by atoms with Crippen molar-refractivity contribution in [1.82, 2.24) is 0 Å². The van der Waals surface area contributed by atoms with E-state index in [1.807, 2.05) is 0 Å². The van der Waals surface area contributed by atoms with Crippen molar-refractivity contribution in [3.63, 3.8) is 0 Å². The first-order valence-corrected chi connectivity index (χ1v) is 3.11. The molecule has 0 heterocycles. The summed E-state index contributed by atoms with van der Waals surface area (Å²) in [5, 5.41) is 0. The molecule has 1 aliphatic rings. The van der Waals surface area contributed by atoms with E-state index in [1.165, 1.54) is 12.8 Å². The average molecular weight is 110 g/mol. The quantitative estimate of drug-likeness (QED) is 0.450. The first-order chi connectivity index (χ1) is 3.69. The highest BCUT2D eigenvalue weighted by Crippen LogP contribution is 2.40. The van der Waals surface area contributed by atoms with Crippen LogP contribution >= 0.6 is 0 Å². The minimum absolute atomic E-state index is 0.125. The van der Waals surface area contributed by atoms with Crippen LogP contribution in [0.25, 0.3) is 4.85 Å². The SMILES string of the molecule is C#[N+]C1(C)CCC1C. The Hall–Kier alpha value is -0.510. The van der Waals surface area contributed by atoms with Gasteiger partial charge in [0.2, 0.25) is 0 Å². The Morgan fingerprint density at radius 1 is 1.75 bits per heavy atom. The molecular formula is C7H12N+. The summed E-state index contributed by atoms with van der Waals surface area (Å²) in [4.78, 5) is 3.81. The highest BCUT2D eigenvalue weighted by Gasteiger charge is 2.49. The van der Waals surface area contributed by atoms with E-state index >= 15 is 0 Å². The molecule has 8 heavy (non-hydrogen) atoms. The molecule has 1 nitrogen and oxygen atoms in total. The monoisotopic (exact) mass is 110 g/mol. The van der Waals surface area contributed by atoms with Gasteiger partial charge in [-0.15, -0.1) is 0 Å². The molecule has 2 atom stereocenters. The molecule has 0 saturated heterocycles. The fourth-order valence-corrected chi connectivity index (χ4v) is 1.04. The normalized spacial score (nSPS) is 44.9. The third-order valence-electron chi connectivity index (χ3n) is 2.44. The predicted molar refractivity (Wildman–Crippen MR) is 35.1 cm³/mol. The van der Waals surface area contributed by atoms with E-state index in [9.17, 15) is 0 Å². The fourth-order valence-electron chi connectivity index (χ4n) is 1.04. The van der Waals surface area contributed by atoms with Crippen molar-refractivity contribution < 1.29 is 0 Å². The fraction of sp³-hybridized carbons (Fsp3) is 0.857. The summed E-state index contributed by atoms with van der Waals surface area (Å²) in [5.41, 5.74) is 0.125. The lowest BCUT2D eigenvalue weighted by molar-refractivity contribution is 0.211. The molecule has 0 aromatic rings. The van der Waals surface area contributed by atoms with Crippen LogP contribution in [0.5, 0.6) is 0 Å². The van der Waals surface area contributed by atoms with E-state index < -0.39 is 0 Å². The molecule has 1 aliphatic carbocycles. The van der Waals surface area contributed by atoms with Crippen LogP contribution in [0.1, 0.15) is 26.7 Å². The van der Waals surface area contributed by atoms with Crippen molar-refractivity contribution in [2.45, 2.75) is 32.2 Å². The number of rotatable bonds is 0. The number of hydrogen-bond acceptors (Lipinski definition) is 0. The maximum absolute atomic E-state index is 5.18. The highest BCUT2D eigenvalue weighted by atomic mass is 14.8. The van der Waals surface area contributed by atoms with Gasteiger partial charge >= 0.3 is 0 Å². The Morgan fingerprint density at radius 3 is 2.38 bits per heavy atom. The lowest BCUT2D eigenvalue weighted by Crippen LogP contribution is -2.38. The van der Waals surface area contributed by atoms with Crippen LogP contribution in [0.4, 0.5) is 0 Å². The maximum Gasteiger partial charge on any atom is 0.280 e. The van der Waals surface area contributed by atoms with Gasteiger partial charge in [0.15, 0.2) is 0 Å². The zero-order valence-electron chi connectivity index (χ0n) is 5.52. The highest BCUT2D eigenvalue weighted by molar-refractivity contribution is 5.07. The summed E-state index contributed by atoms with van der Waals surface area (Å²) in [6.07, 6.45) is 2.46. The van der Waals surface area contributed by atoms with Gasteiger partial charge in [-0.2, -0.15) is 0 Å². The Bertz CT molecular complexity index is 134. The summed E-state index contributed by atoms with van der Waals surface area (Å²) in [6, 6.07) is 0. The zero-order valence-corrected chi connectivity index (χ0v) is 5.52. The number of hydrogen-bond donors (Lipinski definition) is 0. The zero-order chi connectivity index (χ0) is 6.20. The maximum atomic E-state index is 5.18. The van der Waals surface area contributed by atoms with Crippen LogP contribution in [0.15, 0.2) is 0 Å². The van der Waals surface area contributed by atoms with Crippen molar-refractivity contribution in [2.75, 3.05) is 0 Å². The molecule has 1 heteroatoms. The van der Waals surface area contributed by atoms with Crippen molar-refractivity contribution in [3.05, 3.63) is 4.85 Å². The first-order valence-electron chi connectivity index (χ1n) is 3.11. The van der Waals surface area contributed by atoms with Crippen LogP contribution in [0.2, 0.25) is 0 Å². The van der Waals surface area contributed by atoms with Gasteiger partial charge < -0.3 is 0 Å². The van der Waals surface area contributed by atoms with Crippen molar-refractivity contribution in [2.24, 2.45) is 5.92 Å². The lowest BCUT2D eigenvalue weighted by Gasteiger charge is -2.30. The van der Waals surface area contributed by atoms with Crippen LogP contribution in [-0.2, 0) is 0 Å². The molecule has 1 saturated carbocycles. The molecule has 2 unspecified atom stereocenters. The van der Waals surface area contributed by atoms with Gasteiger partial charge in [0.05, 0.1) is 0 Å². The second kappa shape index (κ2) is 1.48. The van der Waals surface area contributed by atoms with Crippen LogP contribution in [-0.4, -0.2) is 5.54 Å². The molecule has 0 aromatic carbocycles. The molecular weight excluding hydrogens is 98.1 g/mol. The van der Waals surface area contributed by atoms with Gasteiger partial charge in [-0.3, -0.25) is 0 Å². The molecule has 0 amide bonds. The second-order valence-electron chi connectivity index (χ2n) is 2.93. The molecule has 0 spiro atoms. The lowest BCUT2D eigenvalue weighted by atomic mass is 9.70. The Balaban J connectivity index is 2.59. The minimum Gasteiger partial charge on any atom is -0.0804 e. The van der Waals surface area contributed by atoms with E-state index in [-0.39, 0.29) is 5.54 Å². The summed E-state index contributed by atoms with van der Waals surface area (Å²) in [6.45, 7) is 9.49. The molecule has 0 N–H and O–H groups in total. The predicted octanol–water partition coefficient (Wildman–Crippen LogP) is 2.14. The van der Waals surface area contributed by atoms with Crippen molar-refractivity contribution in [1.29, 1.82) is 0 Å². The molecule has 0 aromatic heterocycles. The van der Waals surface area contributed by atoms with Gasteiger partial charge in [0, 0.05) is 19.3 Å². The smallest absolute Gasteiger partial charge is 0.0804 e. The van der Waals surface area contributed by atoms with Crippen LogP contribution in [0, 0.1) is 12.5 Å². The third-order valence-corrected chi connectivity index (χ3v) is 2.44. The molecule has 0 radical (unpaired) electrons. The molecule has 1 fully saturated rings. The Morgan fingerprint density at radius 2 is 2.38 bits per heavy atom. The van der Waals surface area contributed by atoms with Crippen LogP contribution < -0.4 is 0 Å². The van der Waals surface area contributed by atoms with E-state index in [4.69, 9.17) is 6.57 Å². The van der Waals surface area contributed by atoms with Gasteiger partial charge in [-0.1, -0.05) is 11.8 Å². The second-order valence-corrected chi connectivity index (χ2v) is 2.93. The van der Waals surface area contributed by atoms with Gasteiger partial charge in [0.25, 0.3) is 12.1 Å². The summed E-state index contributed by atoms with van der Waals surface area (Å²) in [7, 11) is 0. The Kier molecular flexibility index (Phi) is 1.04. The van der Waals surface area contributed by atoms with E-state index in [0.717, 1.165) is 0 Å². The largest absolute Gasteiger partial charge is 0.280 e. The number of nitrogens with zero attached hydrogens (tertiary/aromatic N) is 1. The molecule has 44 valence electrons. The summed E-state index contributed by atoms with van der Waals surface area (Å²) in [5.74, 6) is 0.701. The van der Waals surface area contributed by atoms with Gasteiger partial charge in [0.1, 0.15) is 0 Å². The first kappa shape index (κ1) is 5.62. The van der Waals surface area contributed by atoms with Crippen molar-refractivity contribution >= 4 is 0 Å².